The van der Waals surface area contributed by atoms with Gasteiger partial charge in [0.15, 0.2) is 6.20 Å². The van der Waals surface area contributed by atoms with Crippen LogP contribution in [0.25, 0.3) is 23.1 Å². The predicted octanol–water partition coefficient (Wildman–Crippen LogP) is 2.44. The molecule has 2 heteroatoms. The van der Waals surface area contributed by atoms with E-state index in [0.29, 0.717) is 0 Å². The van der Waals surface area contributed by atoms with Crippen molar-refractivity contribution in [3.05, 3.63) is 77.1 Å². The molecule has 0 bridgehead atoms. The lowest BCUT2D eigenvalue weighted by Crippen LogP contribution is -2.32. The van der Waals surface area contributed by atoms with E-state index in [1.165, 1.54) is 0 Å². The summed E-state index contributed by atoms with van der Waals surface area (Å²) in [6.07, 6.45) is 10.3. The van der Waals surface area contributed by atoms with E-state index in [1.54, 1.807) is 0 Å². The highest BCUT2D eigenvalue weighted by molar-refractivity contribution is 5.79. The smallest absolute Gasteiger partial charge is 0.208 e. The minimum absolute atomic E-state index is 0.885. The summed E-state index contributed by atoms with van der Waals surface area (Å²) in [7, 11) is 2.03. The van der Waals surface area contributed by atoms with Crippen LogP contribution >= 0.6 is 0 Å². The molecule has 0 fully saturated rings. The summed E-state index contributed by atoms with van der Waals surface area (Å²) in [6.45, 7) is 2.01. The highest BCUT2D eigenvalue weighted by Crippen LogP contribution is 2.07. The third kappa shape index (κ3) is 2.65. The zero-order valence-corrected chi connectivity index (χ0v) is 12.3. The Morgan fingerprint density at radius 1 is 1.05 bits per heavy atom. The van der Waals surface area contributed by atoms with Gasteiger partial charge in [0.25, 0.3) is 0 Å². The molecule has 3 rings (SSSR count). The Labute approximate surface area is 124 Å². The van der Waals surface area contributed by atoms with Crippen LogP contribution in [0, 0.1) is 0 Å². The average molecular weight is 276 g/mol. The number of hydrogen-bond acceptors (Lipinski definition) is 1. The van der Waals surface area contributed by atoms with Crippen LogP contribution in [0.1, 0.15) is 12.6 Å². The summed E-state index contributed by atoms with van der Waals surface area (Å²) in [6, 6.07) is 14.3. The molecular weight excluding hydrogens is 258 g/mol. The van der Waals surface area contributed by atoms with E-state index in [4.69, 9.17) is 4.42 Å². The Morgan fingerprint density at radius 2 is 1.86 bits per heavy atom. The molecule has 1 aromatic carbocycles. The SMILES string of the molecule is CC=CC=c1c(=Cc2cccc[n+]2C)oc2ccccc12. The second kappa shape index (κ2) is 5.80. The van der Waals surface area contributed by atoms with E-state index >= 15 is 0 Å². The fourth-order valence-corrected chi connectivity index (χ4v) is 2.38. The van der Waals surface area contributed by atoms with Crippen LogP contribution in [0.4, 0.5) is 0 Å². The van der Waals surface area contributed by atoms with Gasteiger partial charge in [0.2, 0.25) is 5.69 Å². The van der Waals surface area contributed by atoms with Gasteiger partial charge in [-0.1, -0.05) is 36.4 Å². The van der Waals surface area contributed by atoms with Crippen LogP contribution in [0.15, 0.2) is 65.2 Å². The average Bonchev–Trinajstić information content (AvgIpc) is 2.85. The number of hydrogen-bond donors (Lipinski definition) is 0. The third-order valence-electron chi connectivity index (χ3n) is 3.49. The Balaban J connectivity index is 2.35. The molecule has 0 unspecified atom stereocenters. The molecule has 0 atom stereocenters. The Morgan fingerprint density at radius 3 is 2.67 bits per heavy atom. The van der Waals surface area contributed by atoms with Crippen molar-refractivity contribution in [2.75, 3.05) is 0 Å². The van der Waals surface area contributed by atoms with Crippen molar-refractivity contribution < 1.29 is 8.98 Å². The van der Waals surface area contributed by atoms with E-state index in [0.717, 1.165) is 27.3 Å². The van der Waals surface area contributed by atoms with Crippen molar-refractivity contribution >= 4 is 23.1 Å². The van der Waals surface area contributed by atoms with Crippen molar-refractivity contribution in [2.45, 2.75) is 6.92 Å². The van der Waals surface area contributed by atoms with E-state index in [9.17, 15) is 0 Å². The molecule has 0 aliphatic rings. The first kappa shape index (κ1) is 13.4. The molecule has 0 amide bonds. The quantitative estimate of drug-likeness (QED) is 0.657. The summed E-state index contributed by atoms with van der Waals surface area (Å²) < 4.78 is 8.10. The molecule has 2 aromatic heterocycles. The largest absolute Gasteiger partial charge is 0.456 e. The van der Waals surface area contributed by atoms with Crippen molar-refractivity contribution in [3.63, 3.8) is 0 Å². The lowest BCUT2D eigenvalue weighted by atomic mass is 10.2. The monoisotopic (exact) mass is 276 g/mol. The van der Waals surface area contributed by atoms with Gasteiger partial charge in [-0.25, -0.2) is 4.57 Å². The minimum atomic E-state index is 0.885. The minimum Gasteiger partial charge on any atom is -0.456 e. The molecule has 0 saturated carbocycles. The summed E-state index contributed by atoms with van der Waals surface area (Å²) in [5.41, 5.74) is 2.90. The molecule has 0 N–H and O–H groups in total. The second-order valence-electron chi connectivity index (χ2n) is 4.95. The number of aromatic nitrogens is 1. The third-order valence-corrected chi connectivity index (χ3v) is 3.49. The van der Waals surface area contributed by atoms with E-state index in [2.05, 4.69) is 28.9 Å². The lowest BCUT2D eigenvalue weighted by molar-refractivity contribution is -0.673. The van der Waals surface area contributed by atoms with Crippen molar-refractivity contribution in [3.8, 4) is 0 Å². The van der Waals surface area contributed by atoms with Crippen molar-refractivity contribution in [2.24, 2.45) is 7.05 Å². The molecule has 104 valence electrons. The standard InChI is InChI=1S/C19H18NO/c1-3-4-10-17-16-11-5-6-12-18(16)21-19(17)14-15-9-7-8-13-20(15)2/h3-14H,1-2H3/q+1. The Kier molecular flexibility index (Phi) is 3.69. The van der Waals surface area contributed by atoms with Gasteiger partial charge in [0, 0.05) is 22.7 Å². The van der Waals surface area contributed by atoms with Crippen LogP contribution in [0.2, 0.25) is 0 Å². The molecule has 3 aromatic rings. The van der Waals surface area contributed by atoms with Gasteiger partial charge >= 0.3 is 0 Å². The highest BCUT2D eigenvalue weighted by Gasteiger charge is 2.05. The van der Waals surface area contributed by atoms with Crippen LogP contribution in [0.5, 0.6) is 0 Å². The molecule has 0 aliphatic carbocycles. The molecule has 21 heavy (non-hydrogen) atoms. The normalized spacial score (nSPS) is 13.6. The zero-order valence-electron chi connectivity index (χ0n) is 12.3. The fourth-order valence-electron chi connectivity index (χ4n) is 2.38. The Bertz CT molecular complexity index is 916. The first-order valence-corrected chi connectivity index (χ1v) is 7.06. The maximum atomic E-state index is 6.02. The molecule has 0 spiro atoms. The van der Waals surface area contributed by atoms with Gasteiger partial charge in [-0.3, -0.25) is 0 Å². The number of allylic oxidation sites excluding steroid dienone is 2. The van der Waals surface area contributed by atoms with Crippen LogP contribution in [-0.2, 0) is 7.05 Å². The van der Waals surface area contributed by atoms with Gasteiger partial charge in [0.1, 0.15) is 18.0 Å². The fraction of sp³-hybridized carbons (Fsp3) is 0.105. The maximum Gasteiger partial charge on any atom is 0.208 e. The van der Waals surface area contributed by atoms with Gasteiger partial charge < -0.3 is 4.42 Å². The molecular formula is C19H18NO+. The molecule has 0 aliphatic heterocycles. The van der Waals surface area contributed by atoms with Crippen LogP contribution in [-0.4, -0.2) is 0 Å². The molecule has 0 radical (unpaired) electrons. The number of benzene rings is 1. The van der Waals surface area contributed by atoms with Gasteiger partial charge in [-0.05, 0) is 19.1 Å². The first-order valence-electron chi connectivity index (χ1n) is 7.06. The van der Waals surface area contributed by atoms with Gasteiger partial charge in [0.05, 0.1) is 6.08 Å². The summed E-state index contributed by atoms with van der Waals surface area (Å²) in [4.78, 5) is 0. The molecule has 0 saturated heterocycles. The lowest BCUT2D eigenvalue weighted by Gasteiger charge is -1.90. The number of rotatable bonds is 2. The number of fused-ring (bicyclic) bond motifs is 1. The van der Waals surface area contributed by atoms with Crippen molar-refractivity contribution in [1.82, 2.24) is 0 Å². The van der Waals surface area contributed by atoms with Gasteiger partial charge in [-0.2, -0.15) is 0 Å². The summed E-state index contributed by atoms with van der Waals surface area (Å²) >= 11 is 0. The predicted molar refractivity (Wildman–Crippen MR) is 85.9 cm³/mol. The second-order valence-corrected chi connectivity index (χ2v) is 4.95. The van der Waals surface area contributed by atoms with E-state index in [1.807, 2.05) is 62.7 Å². The van der Waals surface area contributed by atoms with Crippen LogP contribution in [0.3, 0.4) is 0 Å². The van der Waals surface area contributed by atoms with Gasteiger partial charge in [-0.15, -0.1) is 0 Å². The number of nitrogens with zero attached hydrogens (tertiary/aromatic N) is 1. The summed E-state index contributed by atoms with van der Waals surface area (Å²) in [5.74, 6) is 0. The number of aryl methyl sites for hydroxylation is 1. The highest BCUT2D eigenvalue weighted by atomic mass is 16.3. The number of para-hydroxylation sites is 1. The van der Waals surface area contributed by atoms with E-state index in [-0.39, 0.29) is 0 Å². The summed E-state index contributed by atoms with van der Waals surface area (Å²) in [5, 5.41) is 2.26. The zero-order chi connectivity index (χ0) is 14.7. The number of furan rings is 1. The van der Waals surface area contributed by atoms with Crippen LogP contribution < -0.4 is 15.2 Å². The van der Waals surface area contributed by atoms with E-state index < -0.39 is 0 Å². The molecule has 2 nitrogen and oxygen atoms in total. The topological polar surface area (TPSA) is 17.0 Å². The maximum absolute atomic E-state index is 6.02. The molecule has 2 heterocycles. The Hall–Kier alpha value is -2.61. The first-order chi connectivity index (χ1) is 10.3. The number of pyridine rings is 1. The van der Waals surface area contributed by atoms with Crippen molar-refractivity contribution in [1.29, 1.82) is 0 Å².